The molecule has 39 heavy (non-hydrogen) atoms. The predicted octanol–water partition coefficient (Wildman–Crippen LogP) is 3.41. The molecule has 0 bridgehead atoms. The summed E-state index contributed by atoms with van der Waals surface area (Å²) in [6.07, 6.45) is -0.248. The summed E-state index contributed by atoms with van der Waals surface area (Å²) in [5.74, 6) is 0. The van der Waals surface area contributed by atoms with Crippen molar-refractivity contribution in [2.75, 3.05) is 50.8 Å². The Kier molecular flexibility index (Phi) is 10.5. The zero-order valence-corrected chi connectivity index (χ0v) is 24.0. The van der Waals surface area contributed by atoms with Gasteiger partial charge in [0.25, 0.3) is 0 Å². The van der Waals surface area contributed by atoms with Gasteiger partial charge in [-0.05, 0) is 48.4 Å². The van der Waals surface area contributed by atoms with Gasteiger partial charge in [-0.3, -0.25) is 4.90 Å². The van der Waals surface area contributed by atoms with Gasteiger partial charge in [0.15, 0.2) is 0 Å². The maximum absolute atomic E-state index is 13.0. The molecule has 1 fully saturated rings. The lowest BCUT2D eigenvalue weighted by atomic mass is 10.1. The van der Waals surface area contributed by atoms with E-state index >= 15 is 0 Å². The van der Waals surface area contributed by atoms with E-state index in [2.05, 4.69) is 36.5 Å². The number of piperazine rings is 1. The maximum atomic E-state index is 13.0. The lowest BCUT2D eigenvalue weighted by molar-refractivity contribution is 0.0105. The van der Waals surface area contributed by atoms with E-state index in [0.717, 1.165) is 41.9 Å². The van der Waals surface area contributed by atoms with E-state index in [1.807, 2.05) is 54.6 Å². The fourth-order valence-corrected chi connectivity index (χ4v) is 6.13. The molecule has 0 saturated carbocycles. The summed E-state index contributed by atoms with van der Waals surface area (Å²) in [7, 11) is -3.75. The lowest BCUT2D eigenvalue weighted by Gasteiger charge is -2.37. The number of β-amino-alcohol motifs (C(OH)–C–C–N with tert-alkyl or cyclic N) is 1. The smallest absolute Gasteiger partial charge is 0.240 e. The van der Waals surface area contributed by atoms with Crippen LogP contribution in [0, 0.1) is 11.3 Å². The van der Waals surface area contributed by atoms with Gasteiger partial charge >= 0.3 is 0 Å². The van der Waals surface area contributed by atoms with Crippen molar-refractivity contribution >= 4 is 31.6 Å². The molecule has 2 atom stereocenters. The maximum Gasteiger partial charge on any atom is 0.240 e. The van der Waals surface area contributed by atoms with E-state index < -0.39 is 22.2 Å². The molecule has 2 N–H and O–H groups in total. The number of anilines is 1. The summed E-state index contributed by atoms with van der Waals surface area (Å²) >= 11 is 3.33. The van der Waals surface area contributed by atoms with Crippen LogP contribution in [0.5, 0.6) is 0 Å². The lowest BCUT2D eigenvalue weighted by Crippen LogP contribution is -2.49. The van der Waals surface area contributed by atoms with Crippen LogP contribution in [0.25, 0.3) is 0 Å². The first-order chi connectivity index (χ1) is 18.8. The van der Waals surface area contributed by atoms with Crippen LogP contribution >= 0.6 is 15.9 Å². The van der Waals surface area contributed by atoms with E-state index in [9.17, 15) is 18.8 Å². The third kappa shape index (κ3) is 8.60. The number of rotatable bonds is 12. The van der Waals surface area contributed by atoms with Gasteiger partial charge in [0, 0.05) is 43.2 Å². The Morgan fingerprint density at radius 3 is 2.31 bits per heavy atom. The molecule has 1 aliphatic rings. The molecule has 0 aromatic heterocycles. The number of para-hydroxylation sites is 1. The van der Waals surface area contributed by atoms with Crippen molar-refractivity contribution in [3.63, 3.8) is 0 Å². The van der Waals surface area contributed by atoms with Crippen LogP contribution < -0.4 is 9.62 Å². The van der Waals surface area contributed by atoms with Crippen molar-refractivity contribution in [1.82, 2.24) is 9.62 Å². The van der Waals surface area contributed by atoms with Crippen molar-refractivity contribution in [2.45, 2.75) is 23.5 Å². The molecule has 0 amide bonds. The second kappa shape index (κ2) is 14.0. The van der Waals surface area contributed by atoms with Crippen LogP contribution in [-0.2, 0) is 21.2 Å². The Morgan fingerprint density at radius 1 is 0.949 bits per heavy atom. The monoisotopic (exact) mass is 612 g/mol. The number of nitrogens with one attached hydrogen (secondary N) is 1. The molecule has 4 rings (SSSR count). The van der Waals surface area contributed by atoms with Crippen molar-refractivity contribution in [2.24, 2.45) is 0 Å². The second-order valence-electron chi connectivity index (χ2n) is 9.57. The Morgan fingerprint density at radius 2 is 1.62 bits per heavy atom. The number of hydrogen-bond donors (Lipinski definition) is 2. The molecule has 0 unspecified atom stereocenters. The first kappa shape index (κ1) is 29.2. The van der Waals surface area contributed by atoms with Crippen molar-refractivity contribution in [3.05, 3.63) is 94.5 Å². The van der Waals surface area contributed by atoms with Crippen LogP contribution in [-0.4, -0.2) is 76.5 Å². The molecule has 3 aromatic carbocycles. The van der Waals surface area contributed by atoms with Crippen molar-refractivity contribution in [3.8, 4) is 6.07 Å². The number of aliphatic hydroxyl groups excluding tert-OH is 1. The van der Waals surface area contributed by atoms with E-state index in [-0.39, 0.29) is 18.1 Å². The average molecular weight is 614 g/mol. The zero-order valence-electron chi connectivity index (χ0n) is 21.6. The second-order valence-corrected chi connectivity index (χ2v) is 12.2. The van der Waals surface area contributed by atoms with Gasteiger partial charge in [0.05, 0.1) is 35.5 Å². The van der Waals surface area contributed by atoms with Gasteiger partial charge in [0.1, 0.15) is 6.07 Å². The zero-order chi connectivity index (χ0) is 27.7. The van der Waals surface area contributed by atoms with Crippen LogP contribution in [0.4, 0.5) is 5.69 Å². The number of halogens is 1. The van der Waals surface area contributed by atoms with Crippen LogP contribution in [0.2, 0.25) is 0 Å². The van der Waals surface area contributed by atoms with Crippen molar-refractivity contribution < 1.29 is 18.3 Å². The highest BCUT2D eigenvalue weighted by Gasteiger charge is 2.23. The minimum Gasteiger partial charge on any atom is -0.389 e. The van der Waals surface area contributed by atoms with E-state index in [1.54, 1.807) is 24.3 Å². The summed E-state index contributed by atoms with van der Waals surface area (Å²) in [6, 6.07) is 25.5. The Bertz CT molecular complexity index is 1340. The summed E-state index contributed by atoms with van der Waals surface area (Å²) < 4.78 is 35.4. The normalized spacial score (nSPS) is 16.0. The summed E-state index contributed by atoms with van der Waals surface area (Å²) in [5, 5.41) is 20.0. The third-order valence-electron chi connectivity index (χ3n) is 6.61. The highest BCUT2D eigenvalue weighted by Crippen LogP contribution is 2.21. The first-order valence-electron chi connectivity index (χ1n) is 12.9. The molecule has 3 aromatic rings. The van der Waals surface area contributed by atoms with Gasteiger partial charge < -0.3 is 14.7 Å². The molecule has 206 valence electrons. The van der Waals surface area contributed by atoms with E-state index in [0.29, 0.717) is 18.5 Å². The van der Waals surface area contributed by atoms with E-state index in [1.165, 1.54) is 0 Å². The standard InChI is InChI=1S/C29H33BrN4O4S/c30-25-10-12-28(13-11-25)39(36,37)32-26(18-23-6-2-1-3-7-23)21-38-22-27(35)20-33-14-16-34(17-15-33)29-9-5-4-8-24(29)19-31/h1-13,26-27,32,35H,14-18,20-22H2/t26-,27-/m0/s1. The minimum atomic E-state index is -3.75. The number of nitrogens with zero attached hydrogens (tertiary/aromatic N) is 3. The molecule has 1 aliphatic heterocycles. The molecule has 0 spiro atoms. The molecule has 1 saturated heterocycles. The summed E-state index contributed by atoms with van der Waals surface area (Å²) in [5.41, 5.74) is 2.60. The van der Waals surface area contributed by atoms with Crippen LogP contribution in [0.15, 0.2) is 88.2 Å². The number of nitriles is 1. The highest BCUT2D eigenvalue weighted by molar-refractivity contribution is 9.10. The number of aliphatic hydroxyl groups is 1. The molecule has 0 aliphatic carbocycles. The van der Waals surface area contributed by atoms with Crippen molar-refractivity contribution in [1.29, 1.82) is 5.26 Å². The van der Waals surface area contributed by atoms with Crippen LogP contribution in [0.3, 0.4) is 0 Å². The molecular weight excluding hydrogens is 580 g/mol. The fraction of sp³-hybridized carbons (Fsp3) is 0.345. The molecular formula is C29H33BrN4O4S. The molecule has 1 heterocycles. The summed E-state index contributed by atoms with van der Waals surface area (Å²) in [6.45, 7) is 3.75. The number of sulfonamides is 1. The quantitative estimate of drug-likeness (QED) is 0.323. The Hall–Kier alpha value is -2.78. The van der Waals surface area contributed by atoms with Gasteiger partial charge in [-0.15, -0.1) is 0 Å². The largest absolute Gasteiger partial charge is 0.389 e. The van der Waals surface area contributed by atoms with Gasteiger partial charge in [-0.25, -0.2) is 13.1 Å². The molecule has 10 heteroatoms. The topological polar surface area (TPSA) is 106 Å². The minimum absolute atomic E-state index is 0.1000. The van der Waals surface area contributed by atoms with Gasteiger partial charge in [-0.2, -0.15) is 5.26 Å². The first-order valence-corrected chi connectivity index (χ1v) is 15.2. The van der Waals surface area contributed by atoms with Gasteiger partial charge in [-0.1, -0.05) is 58.4 Å². The van der Waals surface area contributed by atoms with E-state index in [4.69, 9.17) is 4.74 Å². The highest BCUT2D eigenvalue weighted by atomic mass is 79.9. The molecule has 8 nitrogen and oxygen atoms in total. The Labute approximate surface area is 239 Å². The van der Waals surface area contributed by atoms with Crippen LogP contribution in [0.1, 0.15) is 11.1 Å². The van der Waals surface area contributed by atoms with Gasteiger partial charge in [0.2, 0.25) is 10.0 Å². The number of hydrogen-bond acceptors (Lipinski definition) is 7. The third-order valence-corrected chi connectivity index (χ3v) is 8.67. The fourth-order valence-electron chi connectivity index (χ4n) is 4.65. The number of ether oxygens (including phenoxy) is 1. The average Bonchev–Trinajstić information content (AvgIpc) is 2.94. The number of benzene rings is 3. The summed E-state index contributed by atoms with van der Waals surface area (Å²) in [4.78, 5) is 4.56. The molecule has 0 radical (unpaired) electrons. The SMILES string of the molecule is N#Cc1ccccc1N1CCN(C[C@H](O)COC[C@H](Cc2ccccc2)NS(=O)(=O)c2ccc(Br)cc2)CC1. The Balaban J connectivity index is 1.28. The predicted molar refractivity (Wildman–Crippen MR) is 155 cm³/mol.